The lowest BCUT2D eigenvalue weighted by atomic mass is 9.83. The van der Waals surface area contributed by atoms with E-state index in [1.807, 2.05) is 0 Å². The van der Waals surface area contributed by atoms with E-state index < -0.39 is 0 Å². The van der Waals surface area contributed by atoms with Crippen LogP contribution in [0.15, 0.2) is 28.7 Å². The molecule has 2 unspecified atom stereocenters. The molecule has 2 heteroatoms. The van der Waals surface area contributed by atoms with Crippen LogP contribution in [-0.4, -0.2) is 12.6 Å². The van der Waals surface area contributed by atoms with Gasteiger partial charge in [-0.2, -0.15) is 0 Å². The maximum Gasteiger partial charge on any atom is 0.0178 e. The van der Waals surface area contributed by atoms with Crippen LogP contribution in [0.4, 0.5) is 0 Å². The third-order valence-electron chi connectivity index (χ3n) is 3.50. The Labute approximate surface area is 120 Å². The fourth-order valence-electron chi connectivity index (χ4n) is 2.59. The molecule has 1 nitrogen and oxygen atoms in total. The molecular weight excluding hydrogens is 286 g/mol. The second kappa shape index (κ2) is 7.96. The van der Waals surface area contributed by atoms with Gasteiger partial charge in [0.15, 0.2) is 0 Å². The molecule has 0 amide bonds. The average molecular weight is 312 g/mol. The zero-order valence-electron chi connectivity index (χ0n) is 12.0. The van der Waals surface area contributed by atoms with Crippen LogP contribution in [0.25, 0.3) is 0 Å². The molecule has 0 aliphatic carbocycles. The van der Waals surface area contributed by atoms with Gasteiger partial charge in [0, 0.05) is 10.5 Å². The molecule has 0 aromatic heterocycles. The smallest absolute Gasteiger partial charge is 0.0178 e. The first-order valence-electron chi connectivity index (χ1n) is 7.09. The lowest BCUT2D eigenvalue weighted by Gasteiger charge is -2.31. The van der Waals surface area contributed by atoms with Crippen molar-refractivity contribution in [1.29, 1.82) is 0 Å². The standard InChI is InChI=1S/C16H26BrN/c1-5-10-18-16(12(3)4)15(6-2)13-8-7-9-14(17)11-13/h7-9,11-12,15-16,18H,5-6,10H2,1-4H3. The van der Waals surface area contributed by atoms with E-state index in [-0.39, 0.29) is 0 Å². The first-order valence-corrected chi connectivity index (χ1v) is 7.88. The van der Waals surface area contributed by atoms with E-state index in [0.29, 0.717) is 17.9 Å². The SMILES string of the molecule is CCCNC(C(C)C)C(CC)c1cccc(Br)c1. The Morgan fingerprint density at radius 1 is 1.22 bits per heavy atom. The molecule has 0 aliphatic heterocycles. The lowest BCUT2D eigenvalue weighted by molar-refractivity contribution is 0.335. The monoisotopic (exact) mass is 311 g/mol. The Balaban J connectivity index is 2.90. The summed E-state index contributed by atoms with van der Waals surface area (Å²) in [5.74, 6) is 1.24. The number of rotatable bonds is 7. The van der Waals surface area contributed by atoms with Crippen LogP contribution in [-0.2, 0) is 0 Å². The van der Waals surface area contributed by atoms with Crippen molar-refractivity contribution in [2.75, 3.05) is 6.54 Å². The molecule has 0 saturated heterocycles. The minimum absolute atomic E-state index is 0.559. The van der Waals surface area contributed by atoms with Crippen LogP contribution in [0.1, 0.15) is 52.0 Å². The molecular formula is C16H26BrN. The van der Waals surface area contributed by atoms with Gasteiger partial charge in [0.2, 0.25) is 0 Å². The maximum absolute atomic E-state index is 3.72. The summed E-state index contributed by atoms with van der Waals surface area (Å²) in [6.45, 7) is 10.2. The van der Waals surface area contributed by atoms with Crippen molar-refractivity contribution in [3.8, 4) is 0 Å². The highest BCUT2D eigenvalue weighted by Gasteiger charge is 2.23. The van der Waals surface area contributed by atoms with Crippen molar-refractivity contribution in [3.05, 3.63) is 34.3 Å². The minimum Gasteiger partial charge on any atom is -0.313 e. The summed E-state index contributed by atoms with van der Waals surface area (Å²) < 4.78 is 1.18. The molecule has 0 heterocycles. The largest absolute Gasteiger partial charge is 0.313 e. The van der Waals surface area contributed by atoms with E-state index >= 15 is 0 Å². The van der Waals surface area contributed by atoms with Gasteiger partial charge in [0.25, 0.3) is 0 Å². The molecule has 1 aromatic rings. The topological polar surface area (TPSA) is 12.0 Å². The third-order valence-corrected chi connectivity index (χ3v) is 3.99. The summed E-state index contributed by atoms with van der Waals surface area (Å²) in [5, 5.41) is 3.72. The zero-order valence-corrected chi connectivity index (χ0v) is 13.6. The maximum atomic E-state index is 3.72. The van der Waals surface area contributed by atoms with Crippen molar-refractivity contribution in [2.45, 2.75) is 52.5 Å². The van der Waals surface area contributed by atoms with Crippen LogP contribution in [0.2, 0.25) is 0 Å². The van der Waals surface area contributed by atoms with Crippen LogP contribution in [0.5, 0.6) is 0 Å². The predicted octanol–water partition coefficient (Wildman–Crippen LogP) is 4.97. The number of nitrogens with one attached hydrogen (secondary N) is 1. The fraction of sp³-hybridized carbons (Fsp3) is 0.625. The number of benzene rings is 1. The highest BCUT2D eigenvalue weighted by atomic mass is 79.9. The molecule has 0 aliphatic rings. The molecule has 18 heavy (non-hydrogen) atoms. The van der Waals surface area contributed by atoms with Gasteiger partial charge in [-0.15, -0.1) is 0 Å². The van der Waals surface area contributed by atoms with Gasteiger partial charge in [-0.3, -0.25) is 0 Å². The van der Waals surface area contributed by atoms with Crippen LogP contribution in [0, 0.1) is 5.92 Å². The zero-order chi connectivity index (χ0) is 13.5. The molecule has 1 aromatic carbocycles. The minimum atomic E-state index is 0.559. The molecule has 1 N–H and O–H groups in total. The van der Waals surface area contributed by atoms with Crippen LogP contribution >= 0.6 is 15.9 Å². The Bertz CT molecular complexity index is 349. The Hall–Kier alpha value is -0.340. The summed E-state index contributed by atoms with van der Waals surface area (Å²) in [4.78, 5) is 0. The Kier molecular flexibility index (Phi) is 6.95. The second-order valence-corrected chi connectivity index (χ2v) is 6.21. The van der Waals surface area contributed by atoms with Crippen molar-refractivity contribution in [2.24, 2.45) is 5.92 Å². The lowest BCUT2D eigenvalue weighted by Crippen LogP contribution is -2.39. The van der Waals surface area contributed by atoms with E-state index in [2.05, 4.69) is 73.2 Å². The normalized spacial score (nSPS) is 14.8. The third kappa shape index (κ3) is 4.40. The molecule has 0 fully saturated rings. The van der Waals surface area contributed by atoms with Gasteiger partial charge in [-0.05, 0) is 48.9 Å². The van der Waals surface area contributed by atoms with Gasteiger partial charge in [0.05, 0.1) is 0 Å². The first-order chi connectivity index (χ1) is 8.60. The molecule has 2 atom stereocenters. The van der Waals surface area contributed by atoms with Crippen molar-refractivity contribution in [1.82, 2.24) is 5.32 Å². The fourth-order valence-corrected chi connectivity index (χ4v) is 3.00. The number of hydrogen-bond donors (Lipinski definition) is 1. The van der Waals surface area contributed by atoms with Gasteiger partial charge < -0.3 is 5.32 Å². The highest BCUT2D eigenvalue weighted by molar-refractivity contribution is 9.10. The van der Waals surface area contributed by atoms with E-state index in [0.717, 1.165) is 6.54 Å². The Morgan fingerprint density at radius 2 is 1.94 bits per heavy atom. The average Bonchev–Trinajstić information content (AvgIpc) is 2.34. The molecule has 1 rings (SSSR count). The number of halogens is 1. The van der Waals surface area contributed by atoms with Gasteiger partial charge in [0.1, 0.15) is 0 Å². The van der Waals surface area contributed by atoms with E-state index in [1.165, 1.54) is 22.9 Å². The van der Waals surface area contributed by atoms with Gasteiger partial charge in [-0.25, -0.2) is 0 Å². The van der Waals surface area contributed by atoms with Gasteiger partial charge in [-0.1, -0.05) is 55.8 Å². The summed E-state index contributed by atoms with van der Waals surface area (Å²) >= 11 is 3.58. The number of hydrogen-bond acceptors (Lipinski definition) is 1. The molecule has 0 radical (unpaired) electrons. The van der Waals surface area contributed by atoms with Gasteiger partial charge >= 0.3 is 0 Å². The van der Waals surface area contributed by atoms with E-state index in [1.54, 1.807) is 0 Å². The van der Waals surface area contributed by atoms with Crippen LogP contribution in [0.3, 0.4) is 0 Å². The van der Waals surface area contributed by atoms with Crippen molar-refractivity contribution >= 4 is 15.9 Å². The summed E-state index contributed by atoms with van der Waals surface area (Å²) in [6, 6.07) is 9.31. The van der Waals surface area contributed by atoms with Crippen molar-refractivity contribution < 1.29 is 0 Å². The molecule has 0 bridgehead atoms. The molecule has 102 valence electrons. The van der Waals surface area contributed by atoms with E-state index in [9.17, 15) is 0 Å². The van der Waals surface area contributed by atoms with Crippen molar-refractivity contribution in [3.63, 3.8) is 0 Å². The van der Waals surface area contributed by atoms with E-state index in [4.69, 9.17) is 0 Å². The summed E-state index contributed by atoms with van der Waals surface area (Å²) in [6.07, 6.45) is 2.37. The highest BCUT2D eigenvalue weighted by Crippen LogP contribution is 2.29. The molecule has 0 saturated carbocycles. The first kappa shape index (κ1) is 15.7. The summed E-state index contributed by atoms with van der Waals surface area (Å²) in [7, 11) is 0. The quantitative estimate of drug-likeness (QED) is 0.750. The summed E-state index contributed by atoms with van der Waals surface area (Å²) in [5.41, 5.74) is 1.44. The second-order valence-electron chi connectivity index (χ2n) is 5.29. The van der Waals surface area contributed by atoms with Crippen LogP contribution < -0.4 is 5.32 Å². The predicted molar refractivity (Wildman–Crippen MR) is 84.1 cm³/mol. The Morgan fingerprint density at radius 3 is 2.44 bits per heavy atom. The molecule has 0 spiro atoms.